The molecule has 2 heterocycles. The van der Waals surface area contributed by atoms with Gasteiger partial charge < -0.3 is 19.6 Å². The molecule has 2 aromatic heterocycles. The molecule has 4 aromatic rings. The largest absolute Gasteiger partial charge is 0.453 e. The molecule has 33 heavy (non-hydrogen) atoms. The van der Waals surface area contributed by atoms with Crippen molar-refractivity contribution >= 4 is 46.2 Å². The molecule has 0 saturated heterocycles. The molecule has 2 N–H and O–H groups in total. The summed E-state index contributed by atoms with van der Waals surface area (Å²) in [6.45, 7) is 4.51. The molecule has 0 atom stereocenters. The van der Waals surface area contributed by atoms with Crippen LogP contribution in [0.2, 0.25) is 0 Å². The van der Waals surface area contributed by atoms with E-state index in [4.69, 9.17) is 15.0 Å². The van der Waals surface area contributed by atoms with Gasteiger partial charge in [0.1, 0.15) is 5.76 Å². The maximum absolute atomic E-state index is 12.6. The highest BCUT2D eigenvalue weighted by molar-refractivity contribution is 6.17. The molecule has 2 aromatic carbocycles. The SMILES string of the molecule is COC=[N+](C=O)c1ccc2c3cc(-c4c(C)noc4C)cc(C(N)=O)c3n(CC3CC3)c2c1. The topological polar surface area (TPSA) is 103 Å². The lowest BCUT2D eigenvalue weighted by Gasteiger charge is -2.11. The third kappa shape index (κ3) is 3.47. The van der Waals surface area contributed by atoms with Crippen molar-refractivity contribution in [3.63, 3.8) is 0 Å². The van der Waals surface area contributed by atoms with Crippen LogP contribution in [-0.4, -0.2) is 40.1 Å². The predicted octanol–water partition coefficient (Wildman–Crippen LogP) is 4.05. The minimum absolute atomic E-state index is 0.455. The zero-order valence-electron chi connectivity index (χ0n) is 18.8. The number of carbonyl (C=O) groups is 2. The van der Waals surface area contributed by atoms with Crippen LogP contribution in [0.1, 0.15) is 34.7 Å². The maximum atomic E-state index is 12.6. The van der Waals surface area contributed by atoms with E-state index in [1.807, 2.05) is 38.1 Å². The Hall–Kier alpha value is -3.94. The second-order valence-corrected chi connectivity index (χ2v) is 8.59. The summed E-state index contributed by atoms with van der Waals surface area (Å²) >= 11 is 0. The Morgan fingerprint density at radius 1 is 1.27 bits per heavy atom. The number of nitrogens with two attached hydrogens (primary N) is 1. The number of hydrogen-bond donors (Lipinski definition) is 1. The quantitative estimate of drug-likeness (QED) is 0.200. The van der Waals surface area contributed by atoms with Gasteiger partial charge in [-0.25, -0.2) is 4.79 Å². The predicted molar refractivity (Wildman–Crippen MR) is 125 cm³/mol. The van der Waals surface area contributed by atoms with Gasteiger partial charge in [0, 0.05) is 35.0 Å². The molecular formula is C25H25N4O4+. The third-order valence-corrected chi connectivity index (χ3v) is 6.30. The molecule has 168 valence electrons. The Bertz CT molecular complexity index is 1440. The lowest BCUT2D eigenvalue weighted by Crippen LogP contribution is -2.14. The van der Waals surface area contributed by atoms with Crippen LogP contribution < -0.4 is 5.73 Å². The molecule has 0 unspecified atom stereocenters. The number of hydrogen-bond acceptors (Lipinski definition) is 5. The molecule has 1 aliphatic carbocycles. The smallest absolute Gasteiger partial charge is 0.383 e. The zero-order chi connectivity index (χ0) is 23.3. The number of amides is 2. The Morgan fingerprint density at radius 3 is 2.67 bits per heavy atom. The number of benzene rings is 2. The van der Waals surface area contributed by atoms with Crippen molar-refractivity contribution in [1.82, 2.24) is 9.72 Å². The highest BCUT2D eigenvalue weighted by Crippen LogP contribution is 2.40. The van der Waals surface area contributed by atoms with Crippen molar-refractivity contribution in [2.75, 3.05) is 7.11 Å². The van der Waals surface area contributed by atoms with E-state index in [0.717, 1.165) is 58.0 Å². The second kappa shape index (κ2) is 7.88. The Labute approximate surface area is 190 Å². The summed E-state index contributed by atoms with van der Waals surface area (Å²) in [4.78, 5) is 24.2. The van der Waals surface area contributed by atoms with Crippen molar-refractivity contribution in [1.29, 1.82) is 0 Å². The number of methoxy groups -OCH3 is 1. The van der Waals surface area contributed by atoms with Gasteiger partial charge in [-0.3, -0.25) is 4.79 Å². The number of ether oxygens (including phenoxy) is 1. The van der Waals surface area contributed by atoms with Crippen molar-refractivity contribution in [2.45, 2.75) is 33.2 Å². The monoisotopic (exact) mass is 445 g/mol. The van der Waals surface area contributed by atoms with Gasteiger partial charge in [0.2, 0.25) is 5.69 Å². The summed E-state index contributed by atoms with van der Waals surface area (Å²) in [7, 11) is 1.49. The van der Waals surface area contributed by atoms with Crippen molar-refractivity contribution < 1.29 is 23.4 Å². The van der Waals surface area contributed by atoms with Crippen LogP contribution >= 0.6 is 0 Å². The highest BCUT2D eigenvalue weighted by Gasteiger charge is 2.27. The number of nitrogens with zero attached hydrogens (tertiary/aromatic N) is 3. The van der Waals surface area contributed by atoms with Gasteiger partial charge in [-0.2, -0.15) is 0 Å². The summed E-state index contributed by atoms with van der Waals surface area (Å²) in [6, 6.07) is 9.68. The van der Waals surface area contributed by atoms with Crippen LogP contribution in [0, 0.1) is 19.8 Å². The molecule has 1 aliphatic rings. The molecule has 8 heteroatoms. The van der Waals surface area contributed by atoms with Gasteiger partial charge in [-0.1, -0.05) is 9.73 Å². The zero-order valence-corrected chi connectivity index (χ0v) is 18.8. The van der Waals surface area contributed by atoms with Crippen LogP contribution in [0.5, 0.6) is 0 Å². The highest BCUT2D eigenvalue weighted by atomic mass is 16.5. The standard InChI is InChI=1S/C25H24N4O4/c1-14-23(15(2)33-27-14)17-8-20-19-7-6-18(28(12-30)13-32-3)10-22(19)29(11-16-4-5-16)24(20)21(9-17)25(26)31/h6-10,12-13,16H,4-5,11H2,1-3H3,(H-,26,31)/p+1. The van der Waals surface area contributed by atoms with Crippen molar-refractivity contribution in [2.24, 2.45) is 11.7 Å². The molecule has 2 amide bonds. The van der Waals surface area contributed by atoms with E-state index in [9.17, 15) is 9.59 Å². The van der Waals surface area contributed by atoms with Gasteiger partial charge >= 0.3 is 12.8 Å². The van der Waals surface area contributed by atoms with E-state index in [0.29, 0.717) is 29.3 Å². The third-order valence-electron chi connectivity index (χ3n) is 6.30. The lowest BCUT2D eigenvalue weighted by atomic mass is 9.97. The first-order chi connectivity index (χ1) is 15.9. The second-order valence-electron chi connectivity index (χ2n) is 8.59. The van der Waals surface area contributed by atoms with Crippen LogP contribution in [0.3, 0.4) is 0 Å². The fourth-order valence-electron chi connectivity index (χ4n) is 4.62. The molecule has 5 rings (SSSR count). The minimum Gasteiger partial charge on any atom is -0.453 e. The molecule has 0 aliphatic heterocycles. The average Bonchev–Trinajstić information content (AvgIpc) is 3.49. The van der Waals surface area contributed by atoms with Gasteiger partial charge in [0.15, 0.2) is 0 Å². The Balaban J connectivity index is 1.86. The van der Waals surface area contributed by atoms with E-state index in [1.165, 1.54) is 18.1 Å². The fourth-order valence-corrected chi connectivity index (χ4v) is 4.62. The molecule has 0 radical (unpaired) electrons. The number of aryl methyl sites for hydroxylation is 2. The normalized spacial score (nSPS) is 14.2. The van der Waals surface area contributed by atoms with E-state index >= 15 is 0 Å². The van der Waals surface area contributed by atoms with Gasteiger partial charge in [0.25, 0.3) is 5.91 Å². The summed E-state index contributed by atoms with van der Waals surface area (Å²) < 4.78 is 14.0. The van der Waals surface area contributed by atoms with Gasteiger partial charge in [0.05, 0.1) is 29.4 Å². The number of primary amides is 1. The molecule has 8 nitrogen and oxygen atoms in total. The van der Waals surface area contributed by atoms with Crippen LogP contribution in [0.15, 0.2) is 34.9 Å². The molecule has 0 spiro atoms. The van der Waals surface area contributed by atoms with Crippen LogP contribution in [-0.2, 0) is 16.1 Å². The van der Waals surface area contributed by atoms with Crippen LogP contribution in [0.4, 0.5) is 5.69 Å². The first kappa shape index (κ1) is 20.9. The van der Waals surface area contributed by atoms with Gasteiger partial charge in [-0.15, -0.1) is 0 Å². The molecule has 1 saturated carbocycles. The number of fused-ring (bicyclic) bond motifs is 3. The first-order valence-corrected chi connectivity index (χ1v) is 10.9. The van der Waals surface area contributed by atoms with Crippen molar-refractivity contribution in [3.8, 4) is 11.1 Å². The average molecular weight is 445 g/mol. The lowest BCUT2D eigenvalue weighted by molar-refractivity contribution is -0.352. The van der Waals surface area contributed by atoms with Crippen molar-refractivity contribution in [3.05, 3.63) is 47.3 Å². The molecule has 1 fully saturated rings. The van der Waals surface area contributed by atoms with Gasteiger partial charge in [-0.05, 0) is 56.4 Å². The summed E-state index contributed by atoms with van der Waals surface area (Å²) in [5.41, 5.74) is 11.2. The fraction of sp³-hybridized carbons (Fsp3) is 0.280. The Kier molecular flexibility index (Phi) is 5.00. The van der Waals surface area contributed by atoms with E-state index in [2.05, 4.69) is 15.8 Å². The van der Waals surface area contributed by atoms with E-state index in [-0.39, 0.29) is 0 Å². The summed E-state index contributed by atoms with van der Waals surface area (Å²) in [6.07, 6.45) is 4.36. The number of carbonyl (C=O) groups excluding carboxylic acids is 2. The Morgan fingerprint density at radius 2 is 2.06 bits per heavy atom. The summed E-state index contributed by atoms with van der Waals surface area (Å²) in [5, 5.41) is 5.98. The maximum Gasteiger partial charge on any atom is 0.383 e. The first-order valence-electron chi connectivity index (χ1n) is 10.9. The number of aromatic nitrogens is 2. The summed E-state index contributed by atoms with van der Waals surface area (Å²) in [5.74, 6) is 0.752. The van der Waals surface area contributed by atoms with Crippen LogP contribution in [0.25, 0.3) is 32.9 Å². The minimum atomic E-state index is -0.490. The molecular weight excluding hydrogens is 420 g/mol. The van der Waals surface area contributed by atoms with E-state index in [1.54, 1.807) is 0 Å². The number of rotatable bonds is 7. The van der Waals surface area contributed by atoms with E-state index < -0.39 is 5.91 Å². The molecule has 0 bridgehead atoms.